The Morgan fingerprint density at radius 2 is 1.81 bits per heavy atom. The van der Waals surface area contributed by atoms with Crippen molar-refractivity contribution in [2.45, 2.75) is 18.0 Å². The van der Waals surface area contributed by atoms with E-state index in [1.54, 1.807) is 31.3 Å². The fourth-order valence-electron chi connectivity index (χ4n) is 2.75. The number of nitrogens with zero attached hydrogens (tertiary/aromatic N) is 2. The molecule has 0 aliphatic carbocycles. The van der Waals surface area contributed by atoms with Crippen molar-refractivity contribution in [1.82, 2.24) is 14.5 Å². The molecular formula is C17H18N4O4S. The van der Waals surface area contributed by atoms with Crippen LogP contribution in [0.3, 0.4) is 0 Å². The van der Waals surface area contributed by atoms with Crippen molar-refractivity contribution in [3.8, 4) is 0 Å². The molecule has 136 valence electrons. The zero-order valence-corrected chi connectivity index (χ0v) is 14.9. The molecule has 3 aromatic rings. The van der Waals surface area contributed by atoms with E-state index in [4.69, 9.17) is 5.14 Å². The van der Waals surface area contributed by atoms with Gasteiger partial charge in [0.2, 0.25) is 15.9 Å². The van der Waals surface area contributed by atoms with Gasteiger partial charge in [0.25, 0.3) is 0 Å². The van der Waals surface area contributed by atoms with Crippen LogP contribution in [0.1, 0.15) is 5.56 Å². The fraction of sp³-hybridized carbons (Fsp3) is 0.176. The first-order chi connectivity index (χ1) is 12.3. The number of nitrogens with two attached hydrogens (primary N) is 1. The summed E-state index contributed by atoms with van der Waals surface area (Å²) in [5, 5.41) is 7.78. The number of rotatable bonds is 5. The SMILES string of the molecule is Cn1c(=O)n(CC(=O)NCc2cccc(S(N)(=O)=O)c2)c2ccccc21. The third-order valence-electron chi connectivity index (χ3n) is 4.07. The van der Waals surface area contributed by atoms with Gasteiger partial charge in [-0.2, -0.15) is 0 Å². The highest BCUT2D eigenvalue weighted by atomic mass is 32.2. The number of carbonyl (C=O) groups excluding carboxylic acids is 1. The maximum absolute atomic E-state index is 12.3. The van der Waals surface area contributed by atoms with Gasteiger partial charge in [-0.05, 0) is 29.8 Å². The zero-order valence-electron chi connectivity index (χ0n) is 14.0. The number of hydrogen-bond donors (Lipinski definition) is 2. The number of benzene rings is 2. The lowest BCUT2D eigenvalue weighted by atomic mass is 10.2. The van der Waals surface area contributed by atoms with E-state index in [-0.39, 0.29) is 29.6 Å². The molecule has 0 fully saturated rings. The van der Waals surface area contributed by atoms with Gasteiger partial charge in [-0.25, -0.2) is 18.4 Å². The Balaban J connectivity index is 1.75. The normalized spacial score (nSPS) is 11.6. The molecule has 2 aromatic carbocycles. The molecule has 1 heterocycles. The van der Waals surface area contributed by atoms with E-state index in [9.17, 15) is 18.0 Å². The van der Waals surface area contributed by atoms with Gasteiger partial charge in [0.05, 0.1) is 15.9 Å². The summed E-state index contributed by atoms with van der Waals surface area (Å²) in [6, 6.07) is 13.2. The minimum Gasteiger partial charge on any atom is -0.350 e. The number of sulfonamides is 1. The van der Waals surface area contributed by atoms with Crippen molar-refractivity contribution in [2.24, 2.45) is 12.2 Å². The summed E-state index contributed by atoms with van der Waals surface area (Å²) in [5.74, 6) is -0.357. The van der Waals surface area contributed by atoms with Crippen LogP contribution in [0, 0.1) is 0 Å². The summed E-state index contributed by atoms with van der Waals surface area (Å²) in [5.41, 5.74) is 1.73. The summed E-state index contributed by atoms with van der Waals surface area (Å²) in [6.07, 6.45) is 0. The second-order valence-corrected chi connectivity index (χ2v) is 7.45. The van der Waals surface area contributed by atoms with E-state index in [0.717, 1.165) is 5.52 Å². The third kappa shape index (κ3) is 3.53. The number of fused-ring (bicyclic) bond motifs is 1. The summed E-state index contributed by atoms with van der Waals surface area (Å²) in [7, 11) is -2.15. The second-order valence-electron chi connectivity index (χ2n) is 5.89. The van der Waals surface area contributed by atoms with Gasteiger partial charge in [-0.1, -0.05) is 24.3 Å². The molecule has 0 saturated carbocycles. The third-order valence-corrected chi connectivity index (χ3v) is 4.98. The molecule has 0 saturated heterocycles. The van der Waals surface area contributed by atoms with Gasteiger partial charge in [-0.3, -0.25) is 13.9 Å². The Labute approximate surface area is 149 Å². The van der Waals surface area contributed by atoms with Crippen molar-refractivity contribution in [1.29, 1.82) is 0 Å². The van der Waals surface area contributed by atoms with Crippen molar-refractivity contribution in [2.75, 3.05) is 0 Å². The van der Waals surface area contributed by atoms with E-state index in [2.05, 4.69) is 5.32 Å². The van der Waals surface area contributed by atoms with Crippen LogP contribution in [-0.2, 0) is 35.0 Å². The second kappa shape index (κ2) is 6.77. The van der Waals surface area contributed by atoms with Crippen LogP contribution in [0.25, 0.3) is 11.0 Å². The average molecular weight is 374 g/mol. The largest absolute Gasteiger partial charge is 0.350 e. The van der Waals surface area contributed by atoms with Crippen LogP contribution in [0.2, 0.25) is 0 Å². The van der Waals surface area contributed by atoms with E-state index >= 15 is 0 Å². The quantitative estimate of drug-likeness (QED) is 0.668. The predicted octanol–water partition coefficient (Wildman–Crippen LogP) is 0.304. The molecule has 8 nitrogen and oxygen atoms in total. The number of para-hydroxylation sites is 2. The molecule has 26 heavy (non-hydrogen) atoms. The first-order valence-corrected chi connectivity index (χ1v) is 9.34. The lowest BCUT2D eigenvalue weighted by Gasteiger charge is -2.07. The maximum Gasteiger partial charge on any atom is 0.329 e. The molecule has 0 atom stereocenters. The van der Waals surface area contributed by atoms with Crippen LogP contribution in [-0.4, -0.2) is 23.5 Å². The van der Waals surface area contributed by atoms with Gasteiger partial charge in [0, 0.05) is 13.6 Å². The lowest BCUT2D eigenvalue weighted by molar-refractivity contribution is -0.121. The number of primary sulfonamides is 1. The van der Waals surface area contributed by atoms with Gasteiger partial charge < -0.3 is 5.32 Å². The molecule has 1 amide bonds. The Morgan fingerprint density at radius 3 is 2.50 bits per heavy atom. The molecule has 9 heteroatoms. The van der Waals surface area contributed by atoms with Crippen molar-refractivity contribution in [3.05, 3.63) is 64.6 Å². The first kappa shape index (κ1) is 17.9. The molecule has 3 rings (SSSR count). The molecule has 0 bridgehead atoms. The number of aromatic nitrogens is 2. The molecule has 0 unspecified atom stereocenters. The van der Waals surface area contributed by atoms with Gasteiger partial charge >= 0.3 is 5.69 Å². The summed E-state index contributed by atoms with van der Waals surface area (Å²) >= 11 is 0. The topological polar surface area (TPSA) is 116 Å². The monoisotopic (exact) mass is 374 g/mol. The number of aryl methyl sites for hydroxylation is 1. The van der Waals surface area contributed by atoms with Crippen LogP contribution in [0.4, 0.5) is 0 Å². The van der Waals surface area contributed by atoms with Gasteiger partial charge in [-0.15, -0.1) is 0 Å². The Morgan fingerprint density at radius 1 is 1.12 bits per heavy atom. The minimum atomic E-state index is -3.80. The molecule has 1 aromatic heterocycles. The maximum atomic E-state index is 12.3. The number of hydrogen-bond acceptors (Lipinski definition) is 4. The fourth-order valence-corrected chi connectivity index (χ4v) is 3.33. The number of amides is 1. The highest BCUT2D eigenvalue weighted by Crippen LogP contribution is 2.12. The molecule has 0 aliphatic rings. The van der Waals surface area contributed by atoms with Crippen LogP contribution in [0.15, 0.2) is 58.2 Å². The van der Waals surface area contributed by atoms with Gasteiger partial charge in [0.15, 0.2) is 0 Å². The number of imidazole rings is 1. The Kier molecular flexibility index (Phi) is 4.66. The van der Waals surface area contributed by atoms with Crippen molar-refractivity contribution < 1.29 is 13.2 Å². The van der Waals surface area contributed by atoms with E-state index in [1.807, 2.05) is 12.1 Å². The summed E-state index contributed by atoms with van der Waals surface area (Å²) in [6.45, 7) is -0.00320. The predicted molar refractivity (Wildman–Crippen MR) is 96.8 cm³/mol. The summed E-state index contributed by atoms with van der Waals surface area (Å²) in [4.78, 5) is 24.5. The van der Waals surface area contributed by atoms with E-state index in [0.29, 0.717) is 11.1 Å². The lowest BCUT2D eigenvalue weighted by Crippen LogP contribution is -2.32. The molecule has 3 N–H and O–H groups in total. The number of nitrogens with one attached hydrogen (secondary N) is 1. The van der Waals surface area contributed by atoms with Crippen LogP contribution in [0.5, 0.6) is 0 Å². The zero-order chi connectivity index (χ0) is 18.9. The molecule has 0 radical (unpaired) electrons. The van der Waals surface area contributed by atoms with Crippen LogP contribution < -0.4 is 16.1 Å². The van der Waals surface area contributed by atoms with Crippen LogP contribution >= 0.6 is 0 Å². The first-order valence-electron chi connectivity index (χ1n) is 7.80. The number of carbonyl (C=O) groups is 1. The minimum absolute atomic E-state index is 0.0190. The van der Waals surface area contributed by atoms with E-state index < -0.39 is 10.0 Å². The Hall–Kier alpha value is -2.91. The standard InChI is InChI=1S/C17H18N4O4S/c1-20-14-7-2-3-8-15(14)21(17(20)23)11-16(22)19-10-12-5-4-6-13(9-12)26(18,24)25/h2-9H,10-11H2,1H3,(H,19,22)(H2,18,24,25). The highest BCUT2D eigenvalue weighted by molar-refractivity contribution is 7.89. The highest BCUT2D eigenvalue weighted by Gasteiger charge is 2.13. The van der Waals surface area contributed by atoms with Crippen molar-refractivity contribution >= 4 is 27.0 Å². The summed E-state index contributed by atoms with van der Waals surface area (Å²) < 4.78 is 25.6. The van der Waals surface area contributed by atoms with E-state index in [1.165, 1.54) is 21.3 Å². The Bertz CT molecular complexity index is 1150. The molecule has 0 aliphatic heterocycles. The van der Waals surface area contributed by atoms with Gasteiger partial charge in [0.1, 0.15) is 6.54 Å². The van der Waals surface area contributed by atoms with Crippen molar-refractivity contribution in [3.63, 3.8) is 0 Å². The smallest absolute Gasteiger partial charge is 0.329 e. The molecule has 0 spiro atoms. The average Bonchev–Trinajstić information content (AvgIpc) is 2.85. The molecular weight excluding hydrogens is 356 g/mol.